The summed E-state index contributed by atoms with van der Waals surface area (Å²) in [5, 5.41) is 8.00. The van der Waals surface area contributed by atoms with Crippen molar-refractivity contribution in [3.63, 3.8) is 0 Å². The number of furan rings is 1. The third-order valence-electron chi connectivity index (χ3n) is 18.2. The highest BCUT2D eigenvalue weighted by Gasteiger charge is 2.57. The minimum absolute atomic E-state index is 0.656. The van der Waals surface area contributed by atoms with Gasteiger partial charge in [-0.3, -0.25) is 0 Å². The summed E-state index contributed by atoms with van der Waals surface area (Å²) in [7, 11) is 0. The van der Waals surface area contributed by atoms with E-state index in [1.165, 1.54) is 101 Å². The second kappa shape index (κ2) is 18.4. The van der Waals surface area contributed by atoms with Crippen LogP contribution in [0.15, 0.2) is 287 Å². The van der Waals surface area contributed by atoms with Crippen molar-refractivity contribution in [2.24, 2.45) is 0 Å². The van der Waals surface area contributed by atoms with Gasteiger partial charge in [-0.25, -0.2) is 0 Å². The van der Waals surface area contributed by atoms with Crippen LogP contribution in [0.25, 0.3) is 107 Å². The quantitative estimate of drug-likeness (QED) is 0.151. The van der Waals surface area contributed by atoms with Crippen LogP contribution in [0, 0.1) is 0 Å². The molecule has 4 heterocycles. The molecule has 0 bridgehead atoms. The molecule has 7 heteroatoms. The highest BCUT2D eigenvalue weighted by Crippen LogP contribution is 2.71. The fourth-order valence-electron chi connectivity index (χ4n) is 14.9. The highest BCUT2D eigenvalue weighted by molar-refractivity contribution is 7.99. The first kappa shape index (κ1) is 48.7. The number of thiophene rings is 2. The van der Waals surface area contributed by atoms with E-state index < -0.39 is 5.41 Å². The fraction of sp³-hybridized carbons (Fsp3) is 0.0127. The molecule has 2 aliphatic carbocycles. The van der Waals surface area contributed by atoms with Crippen LogP contribution in [0.2, 0.25) is 5.02 Å². The molecule has 13 aromatic carbocycles. The molecule has 16 aromatic rings. The maximum absolute atomic E-state index is 7.16. The van der Waals surface area contributed by atoms with E-state index in [1.54, 1.807) is 0 Å². The van der Waals surface area contributed by atoms with Gasteiger partial charge in [0.05, 0.1) is 16.8 Å². The van der Waals surface area contributed by atoms with E-state index in [0.717, 1.165) is 77.1 Å². The van der Waals surface area contributed by atoms with E-state index in [9.17, 15) is 0 Å². The van der Waals surface area contributed by atoms with Crippen LogP contribution in [0.3, 0.4) is 0 Å². The van der Waals surface area contributed by atoms with Gasteiger partial charge in [-0.2, -0.15) is 0 Å². The Morgan fingerprint density at radius 2 is 0.965 bits per heavy atom. The zero-order valence-electron chi connectivity index (χ0n) is 45.9. The monoisotopic (exact) mass is 1170 g/mol. The Bertz CT molecular complexity index is 5550. The van der Waals surface area contributed by atoms with Crippen molar-refractivity contribution in [3.8, 4) is 44.5 Å². The maximum atomic E-state index is 7.16. The molecule has 1 aliphatic heterocycles. The molecule has 0 N–H and O–H groups in total. The summed E-state index contributed by atoms with van der Waals surface area (Å²) >= 11 is 12.7. The molecule has 3 nitrogen and oxygen atoms in total. The Balaban J connectivity index is 0.873. The SMILES string of the molecule is Clc1ccc2c(c1)Sc1cc(N(c3ccccc3)c3cc(-c4ccccc4)c4c(c3)sc3ccccc34)cc3c1C21c2cccc(N(c4cc(-c5ccccc5)c5c(c4)oc4ccccc45)c4ccc5sc6ccccc6c5c4)c2-c2cccc-3c21. The van der Waals surface area contributed by atoms with Gasteiger partial charge in [-0.1, -0.05) is 193 Å². The number of para-hydroxylation sites is 2. The average Bonchev–Trinajstić information content (AvgIpc) is 1.49. The second-order valence-corrected chi connectivity index (χ2v) is 26.4. The Morgan fingerprint density at radius 1 is 0.337 bits per heavy atom. The summed E-state index contributed by atoms with van der Waals surface area (Å²) in [5.74, 6) is 0. The molecule has 3 aliphatic rings. The first-order chi connectivity index (χ1) is 42.5. The first-order valence-electron chi connectivity index (χ1n) is 29.1. The highest BCUT2D eigenvalue weighted by atomic mass is 35.5. The second-order valence-electron chi connectivity index (χ2n) is 22.7. The molecule has 0 radical (unpaired) electrons. The topological polar surface area (TPSA) is 19.6 Å². The minimum atomic E-state index is -0.656. The van der Waals surface area contributed by atoms with Crippen LogP contribution < -0.4 is 9.80 Å². The van der Waals surface area contributed by atoms with E-state index in [4.69, 9.17) is 16.0 Å². The van der Waals surface area contributed by atoms with Crippen molar-refractivity contribution in [2.75, 3.05) is 9.80 Å². The van der Waals surface area contributed by atoms with Crippen LogP contribution in [0.1, 0.15) is 22.3 Å². The Labute approximate surface area is 512 Å². The van der Waals surface area contributed by atoms with Gasteiger partial charge >= 0.3 is 0 Å². The number of hydrogen-bond acceptors (Lipinski definition) is 6. The number of anilines is 6. The lowest BCUT2D eigenvalue weighted by atomic mass is 9.70. The predicted molar refractivity (Wildman–Crippen MR) is 365 cm³/mol. The fourth-order valence-corrected chi connectivity index (χ4v) is 18.7. The van der Waals surface area contributed by atoms with Crippen LogP contribution >= 0.6 is 46.0 Å². The molecule has 86 heavy (non-hydrogen) atoms. The minimum Gasteiger partial charge on any atom is -0.456 e. The molecular formula is C79H45ClN2OS3. The third kappa shape index (κ3) is 6.87. The van der Waals surface area contributed by atoms with Crippen molar-refractivity contribution < 1.29 is 4.42 Å². The van der Waals surface area contributed by atoms with Crippen molar-refractivity contribution >= 4 is 142 Å². The van der Waals surface area contributed by atoms with Gasteiger partial charge in [0.1, 0.15) is 11.2 Å². The molecule has 0 fully saturated rings. The number of hydrogen-bond donors (Lipinski definition) is 0. The van der Waals surface area contributed by atoms with Gasteiger partial charge in [0.15, 0.2) is 0 Å². The van der Waals surface area contributed by atoms with Gasteiger partial charge in [0, 0.05) is 100 Å². The molecule has 1 atom stereocenters. The standard InChI is InChI=1S/C79H45ClN2OS3/c80-48-34-36-63-71(38-48)86-73-45-53(81(49-22-8-3-9-23-49)52-41-60(47-20-6-2-7-21-47)75-57-26-12-15-33-69(57)85-72(75)44-52)42-62-55-27-16-28-58-76-64(79(63,77(55)58)78(62)73)29-17-30-65(76)82(50-35-37-70-61(39-50)54-24-11-14-32-68(54)84-70)51-40-59(46-18-4-1-5-19-46)74-56-25-10-13-31-66(56)83-67(74)43-51/h1-45H. The molecule has 1 spiro atoms. The smallest absolute Gasteiger partial charge is 0.138 e. The van der Waals surface area contributed by atoms with Crippen molar-refractivity contribution in [2.45, 2.75) is 15.2 Å². The summed E-state index contributed by atoms with van der Waals surface area (Å²) in [6.07, 6.45) is 0. The van der Waals surface area contributed by atoms with E-state index in [0.29, 0.717) is 0 Å². The number of rotatable bonds is 8. The third-order valence-corrected chi connectivity index (χ3v) is 21.8. The summed E-state index contributed by atoms with van der Waals surface area (Å²) in [6, 6.07) is 101. The normalized spacial score (nSPS) is 14.3. The van der Waals surface area contributed by atoms with Crippen molar-refractivity contribution in [1.29, 1.82) is 0 Å². The molecule has 0 saturated heterocycles. The number of benzene rings is 13. The molecular weight excluding hydrogens is 1120 g/mol. The largest absolute Gasteiger partial charge is 0.456 e. The van der Waals surface area contributed by atoms with Crippen molar-refractivity contribution in [3.05, 3.63) is 300 Å². The van der Waals surface area contributed by atoms with Crippen LogP contribution in [0.4, 0.5) is 34.1 Å². The summed E-state index contributed by atoms with van der Waals surface area (Å²) in [6.45, 7) is 0. The Hall–Kier alpha value is -9.66. The Kier molecular flexibility index (Phi) is 10.4. The molecule has 0 saturated carbocycles. The van der Waals surface area contributed by atoms with Gasteiger partial charge in [0.2, 0.25) is 0 Å². The Morgan fingerprint density at radius 3 is 1.77 bits per heavy atom. The van der Waals surface area contributed by atoms with Crippen molar-refractivity contribution in [1.82, 2.24) is 0 Å². The zero-order chi connectivity index (χ0) is 56.4. The van der Waals surface area contributed by atoms with Gasteiger partial charge in [-0.05, 0) is 158 Å². The average molecular weight is 1170 g/mol. The summed E-state index contributed by atoms with van der Waals surface area (Å²) in [4.78, 5) is 7.37. The van der Waals surface area contributed by atoms with Gasteiger partial charge < -0.3 is 14.2 Å². The molecule has 3 aromatic heterocycles. The molecule has 402 valence electrons. The molecule has 19 rings (SSSR count). The van der Waals surface area contributed by atoms with Crippen LogP contribution in [-0.4, -0.2) is 0 Å². The number of nitrogens with zero attached hydrogens (tertiary/aromatic N) is 2. The van der Waals surface area contributed by atoms with Gasteiger partial charge in [0.25, 0.3) is 0 Å². The van der Waals surface area contributed by atoms with Gasteiger partial charge in [-0.15, -0.1) is 22.7 Å². The van der Waals surface area contributed by atoms with Crippen LogP contribution in [-0.2, 0) is 5.41 Å². The first-order valence-corrected chi connectivity index (χ1v) is 31.9. The number of fused-ring (bicyclic) bond motifs is 13. The van der Waals surface area contributed by atoms with Crippen LogP contribution in [0.5, 0.6) is 0 Å². The van der Waals surface area contributed by atoms with E-state index >= 15 is 0 Å². The van der Waals surface area contributed by atoms with E-state index in [-0.39, 0.29) is 0 Å². The molecule has 1 unspecified atom stereocenters. The lowest BCUT2D eigenvalue weighted by molar-refractivity contribution is 0.669. The van der Waals surface area contributed by atoms with E-state index in [1.807, 2.05) is 34.4 Å². The zero-order valence-corrected chi connectivity index (χ0v) is 49.1. The number of halogens is 1. The lowest BCUT2D eigenvalue weighted by Gasteiger charge is -2.38. The van der Waals surface area contributed by atoms with E-state index in [2.05, 4.69) is 283 Å². The maximum Gasteiger partial charge on any atom is 0.138 e. The summed E-state index contributed by atoms with van der Waals surface area (Å²) < 4.78 is 12.0. The summed E-state index contributed by atoms with van der Waals surface area (Å²) in [5.41, 5.74) is 22.3. The molecule has 0 amide bonds. The lowest BCUT2D eigenvalue weighted by Crippen LogP contribution is -2.30. The predicted octanol–water partition coefficient (Wildman–Crippen LogP) is 24.1.